The lowest BCUT2D eigenvalue weighted by Crippen LogP contribution is -2.46. The zero-order valence-corrected chi connectivity index (χ0v) is 17.2. The van der Waals surface area contributed by atoms with Gasteiger partial charge in [0, 0.05) is 38.0 Å². The van der Waals surface area contributed by atoms with E-state index in [0.29, 0.717) is 31.4 Å². The van der Waals surface area contributed by atoms with E-state index >= 15 is 0 Å². The first-order valence-corrected chi connectivity index (χ1v) is 12.4. The summed E-state index contributed by atoms with van der Waals surface area (Å²) in [5, 5.41) is 0.297. The van der Waals surface area contributed by atoms with E-state index in [1.807, 2.05) is 39.5 Å². The molecule has 0 saturated carbocycles. The number of thioether (sulfide) groups is 2. The molecular formula is C15H32O4S2Si. The van der Waals surface area contributed by atoms with Crippen molar-refractivity contribution < 1.29 is 18.1 Å². The highest BCUT2D eigenvalue weighted by Crippen LogP contribution is 2.20. The van der Waals surface area contributed by atoms with Crippen molar-refractivity contribution >= 4 is 37.4 Å². The Morgan fingerprint density at radius 3 is 1.91 bits per heavy atom. The van der Waals surface area contributed by atoms with Crippen LogP contribution in [-0.2, 0) is 18.1 Å². The molecule has 0 amide bonds. The zero-order chi connectivity index (χ0) is 16.7. The van der Waals surface area contributed by atoms with E-state index in [4.69, 9.17) is 13.3 Å². The molecule has 0 aliphatic carbocycles. The highest BCUT2D eigenvalue weighted by molar-refractivity contribution is 8.13. The predicted octanol–water partition coefficient (Wildman–Crippen LogP) is 4.22. The van der Waals surface area contributed by atoms with Crippen molar-refractivity contribution in [1.82, 2.24) is 0 Å². The van der Waals surface area contributed by atoms with Crippen LogP contribution >= 0.6 is 23.5 Å². The maximum absolute atomic E-state index is 11.2. The van der Waals surface area contributed by atoms with Gasteiger partial charge >= 0.3 is 8.80 Å². The second-order valence-electron chi connectivity index (χ2n) is 4.63. The minimum Gasteiger partial charge on any atom is -0.374 e. The molecule has 0 aliphatic heterocycles. The van der Waals surface area contributed by atoms with E-state index in [-0.39, 0.29) is 0 Å². The van der Waals surface area contributed by atoms with Gasteiger partial charge in [-0.2, -0.15) is 11.8 Å². The summed E-state index contributed by atoms with van der Waals surface area (Å²) in [6.45, 7) is 9.80. The molecule has 0 aliphatic rings. The minimum absolute atomic E-state index is 0.297. The summed E-state index contributed by atoms with van der Waals surface area (Å²) in [5.41, 5.74) is 0. The van der Waals surface area contributed by atoms with Crippen molar-refractivity contribution in [3.05, 3.63) is 0 Å². The van der Waals surface area contributed by atoms with E-state index in [2.05, 4.69) is 0 Å². The number of carbonyl (C=O) groups is 1. The van der Waals surface area contributed by atoms with Crippen LogP contribution in [0.25, 0.3) is 0 Å². The van der Waals surface area contributed by atoms with Gasteiger partial charge in [-0.15, -0.1) is 0 Å². The fourth-order valence-electron chi connectivity index (χ4n) is 1.94. The molecule has 0 heterocycles. The van der Waals surface area contributed by atoms with E-state index in [1.54, 1.807) is 0 Å². The summed E-state index contributed by atoms with van der Waals surface area (Å²) >= 11 is 3.40. The molecule has 4 nitrogen and oxygen atoms in total. The van der Waals surface area contributed by atoms with Crippen molar-refractivity contribution in [2.45, 2.75) is 53.0 Å². The molecule has 0 rings (SSSR count). The van der Waals surface area contributed by atoms with E-state index in [9.17, 15) is 4.79 Å². The predicted molar refractivity (Wildman–Crippen MR) is 99.8 cm³/mol. The lowest BCUT2D eigenvalue weighted by atomic mass is 10.6. The third-order valence-electron chi connectivity index (χ3n) is 2.85. The van der Waals surface area contributed by atoms with Crippen molar-refractivity contribution in [3.63, 3.8) is 0 Å². The van der Waals surface area contributed by atoms with Crippen LogP contribution in [0.1, 0.15) is 47.0 Å². The lowest BCUT2D eigenvalue weighted by molar-refractivity contribution is -0.110. The molecule has 0 bridgehead atoms. The first-order chi connectivity index (χ1) is 10.6. The highest BCUT2D eigenvalue weighted by Gasteiger charge is 2.39. The number of hydrogen-bond donors (Lipinski definition) is 0. The fourth-order valence-corrected chi connectivity index (χ4v) is 6.62. The largest absolute Gasteiger partial charge is 0.500 e. The van der Waals surface area contributed by atoms with Gasteiger partial charge in [0.25, 0.3) is 0 Å². The number of carbonyl (C=O) groups excluding carboxylic acids is 1. The molecule has 0 saturated heterocycles. The molecule has 0 spiro atoms. The molecule has 0 atom stereocenters. The number of rotatable bonds is 15. The molecule has 0 radical (unpaired) electrons. The van der Waals surface area contributed by atoms with E-state index in [1.165, 1.54) is 11.8 Å². The van der Waals surface area contributed by atoms with Crippen LogP contribution in [-0.4, -0.2) is 51.0 Å². The lowest BCUT2D eigenvalue weighted by Gasteiger charge is -2.28. The van der Waals surface area contributed by atoms with Gasteiger partial charge in [0.05, 0.1) is 0 Å². The number of hydrogen-bond acceptors (Lipinski definition) is 6. The Balaban J connectivity index is 3.81. The van der Waals surface area contributed by atoms with Gasteiger partial charge in [-0.1, -0.05) is 18.7 Å². The monoisotopic (exact) mass is 368 g/mol. The van der Waals surface area contributed by atoms with Crippen LogP contribution in [0.4, 0.5) is 0 Å². The Morgan fingerprint density at radius 2 is 1.41 bits per heavy atom. The van der Waals surface area contributed by atoms with Crippen molar-refractivity contribution in [3.8, 4) is 0 Å². The molecule has 7 heteroatoms. The van der Waals surface area contributed by atoms with Crippen LogP contribution < -0.4 is 0 Å². The normalized spacial score (nSPS) is 11.8. The summed E-state index contributed by atoms with van der Waals surface area (Å²) in [4.78, 5) is 11.2. The molecule has 132 valence electrons. The third kappa shape index (κ3) is 11.1. The topological polar surface area (TPSA) is 44.8 Å². The summed E-state index contributed by atoms with van der Waals surface area (Å²) in [6, 6.07) is 0.887. The molecule has 0 fully saturated rings. The van der Waals surface area contributed by atoms with Gasteiger partial charge < -0.3 is 13.3 Å². The first kappa shape index (κ1) is 22.5. The summed E-state index contributed by atoms with van der Waals surface area (Å²) in [6.07, 6.45) is 2.78. The minimum atomic E-state index is -2.45. The summed E-state index contributed by atoms with van der Waals surface area (Å²) in [5.74, 6) is 3.14. The van der Waals surface area contributed by atoms with E-state index in [0.717, 1.165) is 36.1 Å². The van der Waals surface area contributed by atoms with E-state index < -0.39 is 8.80 Å². The Hall–Kier alpha value is 0.467. The van der Waals surface area contributed by atoms with Gasteiger partial charge in [0.15, 0.2) is 5.12 Å². The Morgan fingerprint density at radius 1 is 0.864 bits per heavy atom. The Kier molecular flexibility index (Phi) is 15.3. The average molecular weight is 369 g/mol. The van der Waals surface area contributed by atoms with Crippen LogP contribution in [0, 0.1) is 0 Å². The van der Waals surface area contributed by atoms with Crippen LogP contribution in [0.3, 0.4) is 0 Å². The van der Waals surface area contributed by atoms with Crippen LogP contribution in [0.15, 0.2) is 0 Å². The Labute approximate surface area is 145 Å². The molecule has 0 unspecified atom stereocenters. The molecule has 0 aromatic heterocycles. The standard InChI is InChI=1S/C15H32O4S2Si/c1-5-15(16)21-13-9-11-20-12-10-14-22(17-6-2,18-7-3)19-8-4/h5-14H2,1-4H3. The molecule has 0 aromatic rings. The molecule has 22 heavy (non-hydrogen) atoms. The van der Waals surface area contributed by atoms with Gasteiger partial charge in [-0.3, -0.25) is 4.79 Å². The average Bonchev–Trinajstić information content (AvgIpc) is 2.50. The quantitative estimate of drug-likeness (QED) is 0.318. The second-order valence-corrected chi connectivity index (χ2v) is 9.73. The third-order valence-corrected chi connectivity index (χ3v) is 8.26. The molecular weight excluding hydrogens is 336 g/mol. The Bertz CT molecular complexity index is 263. The van der Waals surface area contributed by atoms with Gasteiger partial charge in [-0.25, -0.2) is 0 Å². The summed E-state index contributed by atoms with van der Waals surface area (Å²) < 4.78 is 17.5. The second kappa shape index (κ2) is 15.0. The maximum Gasteiger partial charge on any atom is 0.500 e. The van der Waals surface area contributed by atoms with Crippen molar-refractivity contribution in [2.24, 2.45) is 0 Å². The zero-order valence-electron chi connectivity index (χ0n) is 14.5. The first-order valence-electron chi connectivity index (χ1n) is 8.29. The smallest absolute Gasteiger partial charge is 0.374 e. The molecule has 0 aromatic carbocycles. The van der Waals surface area contributed by atoms with Crippen molar-refractivity contribution in [1.29, 1.82) is 0 Å². The van der Waals surface area contributed by atoms with Gasteiger partial charge in [0.1, 0.15) is 0 Å². The van der Waals surface area contributed by atoms with Gasteiger partial charge in [-0.05, 0) is 45.1 Å². The van der Waals surface area contributed by atoms with Crippen molar-refractivity contribution in [2.75, 3.05) is 37.1 Å². The fraction of sp³-hybridized carbons (Fsp3) is 0.933. The van der Waals surface area contributed by atoms with Gasteiger partial charge in [0.2, 0.25) is 0 Å². The maximum atomic E-state index is 11.2. The van der Waals surface area contributed by atoms with Crippen LogP contribution in [0.5, 0.6) is 0 Å². The van der Waals surface area contributed by atoms with Crippen LogP contribution in [0.2, 0.25) is 6.04 Å². The summed E-state index contributed by atoms with van der Waals surface area (Å²) in [7, 11) is -2.45. The molecule has 0 N–H and O–H groups in total. The highest BCUT2D eigenvalue weighted by atomic mass is 32.2. The SMILES string of the molecule is CCO[Si](CCCSCCCSC(=O)CC)(OCC)OCC.